The molecule has 21 heavy (non-hydrogen) atoms. The number of aromatic nitrogens is 1. The van der Waals surface area contributed by atoms with E-state index < -0.39 is 0 Å². The van der Waals surface area contributed by atoms with E-state index in [-0.39, 0.29) is 5.91 Å². The van der Waals surface area contributed by atoms with Gasteiger partial charge in [0, 0.05) is 35.2 Å². The van der Waals surface area contributed by atoms with Crippen molar-refractivity contribution >= 4 is 32.7 Å². The molecule has 1 aliphatic rings. The van der Waals surface area contributed by atoms with Crippen LogP contribution in [0.15, 0.2) is 28.9 Å². The van der Waals surface area contributed by atoms with Crippen molar-refractivity contribution in [1.82, 2.24) is 9.47 Å². The van der Waals surface area contributed by atoms with Gasteiger partial charge >= 0.3 is 0 Å². The second-order valence-corrected chi connectivity index (χ2v) is 6.97. The number of likely N-dealkylation sites (tertiary alicyclic amines) is 1. The molecule has 0 bridgehead atoms. The van der Waals surface area contributed by atoms with E-state index in [2.05, 4.69) is 46.5 Å². The second kappa shape index (κ2) is 5.84. The van der Waals surface area contributed by atoms with Crippen molar-refractivity contribution in [3.05, 3.63) is 34.4 Å². The first kappa shape index (κ1) is 14.6. The molecule has 0 N–H and O–H groups in total. The van der Waals surface area contributed by atoms with Gasteiger partial charge < -0.3 is 9.47 Å². The molecule has 0 unspecified atom stereocenters. The Morgan fingerprint density at radius 3 is 2.57 bits per heavy atom. The van der Waals surface area contributed by atoms with Crippen molar-refractivity contribution < 1.29 is 4.79 Å². The molecule has 2 aromatic rings. The van der Waals surface area contributed by atoms with Crippen molar-refractivity contribution in [1.29, 1.82) is 0 Å². The standard InChI is InChI=1S/C17H21BrN2O/c1-12(2)20-11-15(14-7-6-13(18)10-16(14)20)17(21)19-8-4-3-5-9-19/h6-7,10-12H,3-5,8-9H2,1-2H3. The lowest BCUT2D eigenvalue weighted by Gasteiger charge is -2.26. The van der Waals surface area contributed by atoms with Crippen LogP contribution in [0, 0.1) is 0 Å². The molecule has 1 aliphatic heterocycles. The van der Waals surface area contributed by atoms with Crippen LogP contribution in [-0.2, 0) is 0 Å². The van der Waals surface area contributed by atoms with Gasteiger partial charge in [0.05, 0.1) is 11.1 Å². The maximum atomic E-state index is 12.8. The van der Waals surface area contributed by atoms with Crippen LogP contribution in [0.5, 0.6) is 0 Å². The quantitative estimate of drug-likeness (QED) is 0.777. The minimum absolute atomic E-state index is 0.182. The lowest BCUT2D eigenvalue weighted by molar-refractivity contribution is 0.0726. The van der Waals surface area contributed by atoms with Crippen LogP contribution < -0.4 is 0 Å². The van der Waals surface area contributed by atoms with E-state index in [4.69, 9.17) is 0 Å². The molecule has 1 amide bonds. The molecule has 4 heteroatoms. The highest BCUT2D eigenvalue weighted by atomic mass is 79.9. The summed E-state index contributed by atoms with van der Waals surface area (Å²) in [6.45, 7) is 6.08. The molecular formula is C17H21BrN2O. The first-order valence-corrected chi connectivity index (χ1v) is 8.46. The molecular weight excluding hydrogens is 328 g/mol. The van der Waals surface area contributed by atoms with E-state index in [1.807, 2.05) is 17.2 Å². The first-order chi connectivity index (χ1) is 10.1. The molecule has 0 radical (unpaired) electrons. The Kier molecular flexibility index (Phi) is 4.07. The molecule has 2 heterocycles. The van der Waals surface area contributed by atoms with Gasteiger partial charge in [0.25, 0.3) is 5.91 Å². The normalized spacial score (nSPS) is 15.9. The van der Waals surface area contributed by atoms with Gasteiger partial charge in [0.2, 0.25) is 0 Å². The molecule has 1 aromatic heterocycles. The highest BCUT2D eigenvalue weighted by Gasteiger charge is 2.22. The summed E-state index contributed by atoms with van der Waals surface area (Å²) in [7, 11) is 0. The van der Waals surface area contributed by atoms with Crippen molar-refractivity contribution in [2.24, 2.45) is 0 Å². The third-order valence-corrected chi connectivity index (χ3v) is 4.72. The fourth-order valence-electron chi connectivity index (χ4n) is 3.09. The summed E-state index contributed by atoms with van der Waals surface area (Å²) in [5.74, 6) is 0.182. The second-order valence-electron chi connectivity index (χ2n) is 6.06. The number of amides is 1. The molecule has 3 rings (SSSR count). The van der Waals surface area contributed by atoms with Gasteiger partial charge in [-0.2, -0.15) is 0 Å². The van der Waals surface area contributed by atoms with E-state index in [0.29, 0.717) is 6.04 Å². The zero-order valence-corrected chi connectivity index (χ0v) is 14.2. The van der Waals surface area contributed by atoms with Crippen molar-refractivity contribution in [3.8, 4) is 0 Å². The van der Waals surface area contributed by atoms with Crippen LogP contribution in [0.25, 0.3) is 10.9 Å². The van der Waals surface area contributed by atoms with E-state index >= 15 is 0 Å². The number of carbonyl (C=O) groups is 1. The van der Waals surface area contributed by atoms with Crippen LogP contribution in [0.1, 0.15) is 49.5 Å². The summed E-state index contributed by atoms with van der Waals surface area (Å²) in [4.78, 5) is 14.8. The van der Waals surface area contributed by atoms with E-state index in [1.54, 1.807) is 0 Å². The number of carbonyl (C=O) groups excluding carboxylic acids is 1. The van der Waals surface area contributed by atoms with E-state index in [9.17, 15) is 4.79 Å². The van der Waals surface area contributed by atoms with Crippen molar-refractivity contribution in [2.45, 2.75) is 39.2 Å². The van der Waals surface area contributed by atoms with Crippen LogP contribution >= 0.6 is 15.9 Å². The predicted octanol–water partition coefficient (Wildman–Crippen LogP) is 4.61. The fourth-order valence-corrected chi connectivity index (χ4v) is 3.44. The number of piperidine rings is 1. The Morgan fingerprint density at radius 1 is 1.19 bits per heavy atom. The maximum absolute atomic E-state index is 12.8. The summed E-state index contributed by atoms with van der Waals surface area (Å²) in [6.07, 6.45) is 5.52. The topological polar surface area (TPSA) is 25.2 Å². The number of fused-ring (bicyclic) bond motifs is 1. The first-order valence-electron chi connectivity index (χ1n) is 7.67. The molecule has 3 nitrogen and oxygen atoms in total. The monoisotopic (exact) mass is 348 g/mol. The summed E-state index contributed by atoms with van der Waals surface area (Å²) >= 11 is 3.53. The smallest absolute Gasteiger partial charge is 0.256 e. The minimum Gasteiger partial charge on any atom is -0.344 e. The lowest BCUT2D eigenvalue weighted by Crippen LogP contribution is -2.35. The third kappa shape index (κ3) is 2.73. The number of benzene rings is 1. The number of halogens is 1. The van der Waals surface area contributed by atoms with Gasteiger partial charge in [-0.3, -0.25) is 4.79 Å². The third-order valence-electron chi connectivity index (χ3n) is 4.23. The highest BCUT2D eigenvalue weighted by Crippen LogP contribution is 2.29. The van der Waals surface area contributed by atoms with E-state index in [1.165, 1.54) is 6.42 Å². The fraction of sp³-hybridized carbons (Fsp3) is 0.471. The predicted molar refractivity (Wildman–Crippen MR) is 89.8 cm³/mol. The summed E-state index contributed by atoms with van der Waals surface area (Å²) in [6, 6.07) is 6.50. The largest absolute Gasteiger partial charge is 0.344 e. The Hall–Kier alpha value is -1.29. The molecule has 0 spiro atoms. The minimum atomic E-state index is 0.182. The summed E-state index contributed by atoms with van der Waals surface area (Å²) < 4.78 is 3.24. The van der Waals surface area contributed by atoms with Gasteiger partial charge in [-0.25, -0.2) is 0 Å². The van der Waals surface area contributed by atoms with Crippen LogP contribution in [0.4, 0.5) is 0 Å². The van der Waals surface area contributed by atoms with Crippen molar-refractivity contribution in [2.75, 3.05) is 13.1 Å². The van der Waals surface area contributed by atoms with Crippen LogP contribution in [-0.4, -0.2) is 28.5 Å². The molecule has 1 saturated heterocycles. The van der Waals surface area contributed by atoms with E-state index in [0.717, 1.165) is 46.9 Å². The SMILES string of the molecule is CC(C)n1cc(C(=O)N2CCCCC2)c2ccc(Br)cc21. The number of nitrogens with zero attached hydrogens (tertiary/aromatic N) is 2. The molecule has 1 fully saturated rings. The van der Waals surface area contributed by atoms with Crippen LogP contribution in [0.2, 0.25) is 0 Å². The molecule has 0 atom stereocenters. The van der Waals surface area contributed by atoms with Gasteiger partial charge in [0.1, 0.15) is 0 Å². The Labute approximate surface area is 134 Å². The molecule has 112 valence electrons. The van der Waals surface area contributed by atoms with Crippen LogP contribution in [0.3, 0.4) is 0 Å². The van der Waals surface area contributed by atoms with Gasteiger partial charge in [-0.05, 0) is 45.2 Å². The highest BCUT2D eigenvalue weighted by molar-refractivity contribution is 9.10. The average Bonchev–Trinajstić information content (AvgIpc) is 2.86. The average molecular weight is 349 g/mol. The zero-order valence-electron chi connectivity index (χ0n) is 12.6. The number of rotatable bonds is 2. The van der Waals surface area contributed by atoms with Crippen molar-refractivity contribution in [3.63, 3.8) is 0 Å². The Balaban J connectivity index is 2.07. The Morgan fingerprint density at radius 2 is 1.90 bits per heavy atom. The maximum Gasteiger partial charge on any atom is 0.256 e. The summed E-state index contributed by atoms with van der Waals surface area (Å²) in [5.41, 5.74) is 1.97. The Bertz CT molecular complexity index is 669. The van der Waals surface area contributed by atoms with Gasteiger partial charge in [0.15, 0.2) is 0 Å². The van der Waals surface area contributed by atoms with Gasteiger partial charge in [-0.1, -0.05) is 22.0 Å². The molecule has 1 aromatic carbocycles. The lowest BCUT2D eigenvalue weighted by atomic mass is 10.1. The number of hydrogen-bond donors (Lipinski definition) is 0. The zero-order chi connectivity index (χ0) is 15.0. The summed E-state index contributed by atoms with van der Waals surface area (Å²) in [5, 5.41) is 1.06. The van der Waals surface area contributed by atoms with Gasteiger partial charge in [-0.15, -0.1) is 0 Å². The number of hydrogen-bond acceptors (Lipinski definition) is 1. The molecule has 0 aliphatic carbocycles. The molecule has 0 saturated carbocycles.